The van der Waals surface area contributed by atoms with E-state index < -0.39 is 0 Å². The van der Waals surface area contributed by atoms with Gasteiger partial charge in [0.05, 0.1) is 18.3 Å². The van der Waals surface area contributed by atoms with Gasteiger partial charge in [-0.15, -0.1) is 0 Å². The normalized spacial score (nSPS) is 14.8. The van der Waals surface area contributed by atoms with Gasteiger partial charge < -0.3 is 10.1 Å². The lowest BCUT2D eigenvalue weighted by molar-refractivity contribution is 0.357. The highest BCUT2D eigenvalue weighted by Crippen LogP contribution is 2.30. The fourth-order valence-corrected chi connectivity index (χ4v) is 2.65. The van der Waals surface area contributed by atoms with Crippen LogP contribution < -0.4 is 10.1 Å². The average molecular weight is 254 g/mol. The Morgan fingerprint density at radius 2 is 2.21 bits per heavy atom. The van der Waals surface area contributed by atoms with E-state index >= 15 is 0 Å². The van der Waals surface area contributed by atoms with E-state index in [2.05, 4.69) is 41.5 Å². The Labute approximate surface area is 113 Å². The summed E-state index contributed by atoms with van der Waals surface area (Å²) in [5, 5.41) is 3.36. The second-order valence-corrected chi connectivity index (χ2v) is 4.89. The zero-order valence-corrected chi connectivity index (χ0v) is 11.3. The van der Waals surface area contributed by atoms with E-state index in [0.29, 0.717) is 0 Å². The van der Waals surface area contributed by atoms with Crippen LogP contribution in [0, 0.1) is 6.92 Å². The Balaban J connectivity index is 2.01. The van der Waals surface area contributed by atoms with Crippen molar-refractivity contribution in [3.05, 3.63) is 58.9 Å². The van der Waals surface area contributed by atoms with E-state index in [4.69, 9.17) is 4.74 Å². The maximum absolute atomic E-state index is 5.56. The summed E-state index contributed by atoms with van der Waals surface area (Å²) >= 11 is 0. The molecule has 0 amide bonds. The smallest absolute Gasteiger partial charge is 0.122 e. The van der Waals surface area contributed by atoms with E-state index in [1.54, 1.807) is 0 Å². The summed E-state index contributed by atoms with van der Waals surface area (Å²) in [6.07, 6.45) is 2.85. The van der Waals surface area contributed by atoms with Crippen LogP contribution in [0.15, 0.2) is 36.5 Å². The minimum absolute atomic E-state index is 0.132. The summed E-state index contributed by atoms with van der Waals surface area (Å²) in [5.74, 6) is 1.02. The molecule has 1 aromatic carbocycles. The number of rotatable bonds is 3. The van der Waals surface area contributed by atoms with Gasteiger partial charge in [0.1, 0.15) is 5.75 Å². The average Bonchev–Trinajstić information content (AvgIpc) is 2.89. The van der Waals surface area contributed by atoms with Crippen LogP contribution in [0.5, 0.6) is 5.75 Å². The molecule has 1 atom stereocenters. The third kappa shape index (κ3) is 2.22. The number of fused-ring (bicyclic) bond motifs is 1. The van der Waals surface area contributed by atoms with Gasteiger partial charge in [-0.1, -0.05) is 18.2 Å². The molecule has 0 saturated heterocycles. The first-order chi connectivity index (χ1) is 9.29. The van der Waals surface area contributed by atoms with Gasteiger partial charge >= 0.3 is 0 Å². The first-order valence-corrected chi connectivity index (χ1v) is 6.64. The van der Waals surface area contributed by atoms with Crippen molar-refractivity contribution in [1.29, 1.82) is 0 Å². The quantitative estimate of drug-likeness (QED) is 0.914. The molecule has 1 aliphatic rings. The number of benzene rings is 1. The molecule has 1 aromatic heterocycles. The largest absolute Gasteiger partial charge is 0.493 e. The second-order valence-electron chi connectivity index (χ2n) is 4.89. The molecular weight excluding hydrogens is 236 g/mol. The van der Waals surface area contributed by atoms with Gasteiger partial charge in [-0.3, -0.25) is 4.98 Å². The second kappa shape index (κ2) is 5.02. The Bertz CT molecular complexity index is 595. The summed E-state index contributed by atoms with van der Waals surface area (Å²) in [7, 11) is 1.97. The number of aryl methyl sites for hydroxylation is 1. The van der Waals surface area contributed by atoms with E-state index in [0.717, 1.165) is 24.5 Å². The topological polar surface area (TPSA) is 34.1 Å². The first-order valence-electron chi connectivity index (χ1n) is 6.64. The molecule has 1 aliphatic heterocycles. The third-order valence-electron chi connectivity index (χ3n) is 3.66. The van der Waals surface area contributed by atoms with Gasteiger partial charge in [0.25, 0.3) is 0 Å². The lowest BCUT2D eigenvalue weighted by Gasteiger charge is -2.18. The Kier molecular flexibility index (Phi) is 3.22. The third-order valence-corrected chi connectivity index (χ3v) is 3.66. The monoisotopic (exact) mass is 254 g/mol. The van der Waals surface area contributed by atoms with Crippen LogP contribution in [-0.2, 0) is 6.42 Å². The Hall–Kier alpha value is -1.87. The highest BCUT2D eigenvalue weighted by atomic mass is 16.5. The number of pyridine rings is 1. The lowest BCUT2D eigenvalue weighted by atomic mass is 9.97. The number of hydrogen-bond donors (Lipinski definition) is 1. The number of hydrogen-bond acceptors (Lipinski definition) is 3. The number of nitrogens with zero attached hydrogens (tertiary/aromatic N) is 1. The summed E-state index contributed by atoms with van der Waals surface area (Å²) in [6, 6.07) is 10.6. The molecule has 3 nitrogen and oxygen atoms in total. The fraction of sp³-hybridized carbons (Fsp3) is 0.312. The van der Waals surface area contributed by atoms with Gasteiger partial charge in [0, 0.05) is 12.6 Å². The summed E-state index contributed by atoms with van der Waals surface area (Å²) < 4.78 is 5.56. The van der Waals surface area contributed by atoms with Crippen molar-refractivity contribution in [2.24, 2.45) is 0 Å². The molecule has 1 unspecified atom stereocenters. The summed E-state index contributed by atoms with van der Waals surface area (Å²) in [5.41, 5.74) is 4.84. The van der Waals surface area contributed by atoms with Crippen LogP contribution in [-0.4, -0.2) is 18.6 Å². The zero-order valence-electron chi connectivity index (χ0n) is 11.3. The van der Waals surface area contributed by atoms with Crippen molar-refractivity contribution in [2.75, 3.05) is 13.7 Å². The molecule has 0 bridgehead atoms. The van der Waals surface area contributed by atoms with Gasteiger partial charge in [0.15, 0.2) is 0 Å². The van der Waals surface area contributed by atoms with Crippen LogP contribution in [0.1, 0.15) is 28.4 Å². The van der Waals surface area contributed by atoms with Crippen molar-refractivity contribution in [1.82, 2.24) is 10.3 Å². The molecule has 2 aromatic rings. The summed E-state index contributed by atoms with van der Waals surface area (Å²) in [6.45, 7) is 2.90. The predicted octanol–water partition coefficient (Wildman–Crippen LogP) is 2.63. The Morgan fingerprint density at radius 1 is 1.32 bits per heavy atom. The highest BCUT2D eigenvalue weighted by molar-refractivity contribution is 5.43. The summed E-state index contributed by atoms with van der Waals surface area (Å²) in [4.78, 5) is 4.53. The molecule has 0 fully saturated rings. The molecule has 3 rings (SSSR count). The van der Waals surface area contributed by atoms with Gasteiger partial charge in [-0.25, -0.2) is 0 Å². The minimum Gasteiger partial charge on any atom is -0.493 e. The zero-order chi connectivity index (χ0) is 13.2. The molecule has 0 spiro atoms. The highest BCUT2D eigenvalue weighted by Gasteiger charge is 2.19. The van der Waals surface area contributed by atoms with Crippen LogP contribution in [0.2, 0.25) is 0 Å². The number of aromatic nitrogens is 1. The maximum atomic E-state index is 5.56. The SMILES string of the molecule is CNC(c1ccc2c(c1)CCO2)c1ncccc1C. The van der Waals surface area contributed by atoms with Crippen LogP contribution >= 0.6 is 0 Å². The standard InChI is InChI=1S/C16H18N2O/c1-11-4-3-8-18-15(11)16(17-2)13-5-6-14-12(10-13)7-9-19-14/h3-6,8,10,16-17H,7,9H2,1-2H3. The fourth-order valence-electron chi connectivity index (χ4n) is 2.65. The van der Waals surface area contributed by atoms with Crippen molar-refractivity contribution in [3.63, 3.8) is 0 Å². The molecule has 0 saturated carbocycles. The molecule has 2 heterocycles. The lowest BCUT2D eigenvalue weighted by Crippen LogP contribution is -2.20. The Morgan fingerprint density at radius 3 is 3.00 bits per heavy atom. The molecular formula is C16H18N2O. The molecule has 19 heavy (non-hydrogen) atoms. The van der Waals surface area contributed by atoms with E-state index in [1.807, 2.05) is 19.3 Å². The molecule has 0 radical (unpaired) electrons. The van der Waals surface area contributed by atoms with Crippen LogP contribution in [0.25, 0.3) is 0 Å². The van der Waals surface area contributed by atoms with Crippen molar-refractivity contribution in [2.45, 2.75) is 19.4 Å². The van der Waals surface area contributed by atoms with Crippen molar-refractivity contribution < 1.29 is 4.74 Å². The van der Waals surface area contributed by atoms with E-state index in [9.17, 15) is 0 Å². The predicted molar refractivity (Wildman–Crippen MR) is 75.5 cm³/mol. The van der Waals surface area contributed by atoms with E-state index in [1.165, 1.54) is 16.7 Å². The van der Waals surface area contributed by atoms with Crippen molar-refractivity contribution in [3.8, 4) is 5.75 Å². The van der Waals surface area contributed by atoms with E-state index in [-0.39, 0.29) is 6.04 Å². The van der Waals surface area contributed by atoms with Crippen molar-refractivity contribution >= 4 is 0 Å². The molecule has 3 heteroatoms. The number of nitrogens with one attached hydrogen (secondary N) is 1. The van der Waals surface area contributed by atoms with Gasteiger partial charge in [-0.05, 0) is 42.8 Å². The first kappa shape index (κ1) is 12.2. The van der Waals surface area contributed by atoms with Gasteiger partial charge in [0.2, 0.25) is 0 Å². The molecule has 0 aliphatic carbocycles. The molecule has 98 valence electrons. The van der Waals surface area contributed by atoms with Crippen LogP contribution in [0.3, 0.4) is 0 Å². The maximum Gasteiger partial charge on any atom is 0.122 e. The number of ether oxygens (including phenoxy) is 1. The van der Waals surface area contributed by atoms with Gasteiger partial charge in [-0.2, -0.15) is 0 Å². The minimum atomic E-state index is 0.132. The molecule has 1 N–H and O–H groups in total. The van der Waals surface area contributed by atoms with Crippen LogP contribution in [0.4, 0.5) is 0 Å².